The summed E-state index contributed by atoms with van der Waals surface area (Å²) in [6.45, 7) is 6.43. The Labute approximate surface area is 145 Å². The van der Waals surface area contributed by atoms with Crippen molar-refractivity contribution >= 4 is 5.97 Å². The summed E-state index contributed by atoms with van der Waals surface area (Å²) in [5.41, 5.74) is 2.11. The zero-order chi connectivity index (χ0) is 17.6. The molecule has 2 unspecified atom stereocenters. The largest absolute Gasteiger partial charge is 0.481 e. The van der Waals surface area contributed by atoms with Gasteiger partial charge < -0.3 is 5.11 Å². The van der Waals surface area contributed by atoms with Crippen molar-refractivity contribution in [3.63, 3.8) is 0 Å². The number of rotatable bonds is 8. The second kappa shape index (κ2) is 8.14. The van der Waals surface area contributed by atoms with Crippen molar-refractivity contribution in [1.82, 2.24) is 0 Å². The Hall–Kier alpha value is -2.09. The van der Waals surface area contributed by atoms with Crippen LogP contribution in [0.3, 0.4) is 0 Å². The second-order valence-corrected chi connectivity index (χ2v) is 7.23. The summed E-state index contributed by atoms with van der Waals surface area (Å²) >= 11 is 0. The quantitative estimate of drug-likeness (QED) is 0.722. The molecule has 0 heterocycles. The number of hydrogen-bond acceptors (Lipinski definition) is 1. The summed E-state index contributed by atoms with van der Waals surface area (Å²) in [6.07, 6.45) is 2.37. The van der Waals surface area contributed by atoms with Crippen molar-refractivity contribution in [2.75, 3.05) is 0 Å². The Morgan fingerprint density at radius 2 is 1.46 bits per heavy atom. The van der Waals surface area contributed by atoms with Crippen LogP contribution >= 0.6 is 0 Å². The van der Waals surface area contributed by atoms with Gasteiger partial charge in [0.1, 0.15) is 0 Å². The van der Waals surface area contributed by atoms with Gasteiger partial charge in [-0.1, -0.05) is 81.4 Å². The van der Waals surface area contributed by atoms with Crippen molar-refractivity contribution in [3.8, 4) is 0 Å². The molecule has 0 aliphatic rings. The lowest BCUT2D eigenvalue weighted by atomic mass is 9.64. The van der Waals surface area contributed by atoms with Gasteiger partial charge in [-0.2, -0.15) is 0 Å². The molecule has 0 amide bonds. The highest BCUT2D eigenvalue weighted by Crippen LogP contribution is 2.42. The van der Waals surface area contributed by atoms with Crippen LogP contribution in [0, 0.1) is 17.3 Å². The lowest BCUT2D eigenvalue weighted by Crippen LogP contribution is -2.39. The molecule has 0 aromatic heterocycles. The number of aliphatic carboxylic acids is 1. The molecule has 2 heteroatoms. The highest BCUT2D eigenvalue weighted by atomic mass is 16.4. The molecule has 0 fully saturated rings. The van der Waals surface area contributed by atoms with Crippen LogP contribution in [0.15, 0.2) is 60.7 Å². The van der Waals surface area contributed by atoms with E-state index in [1.807, 2.05) is 48.5 Å². The van der Waals surface area contributed by atoms with Gasteiger partial charge in [-0.15, -0.1) is 0 Å². The molecular weight excluding hydrogens is 296 g/mol. The second-order valence-electron chi connectivity index (χ2n) is 7.23. The van der Waals surface area contributed by atoms with E-state index in [0.717, 1.165) is 18.4 Å². The normalized spacial score (nSPS) is 15.0. The molecule has 2 nitrogen and oxygen atoms in total. The molecule has 0 saturated carbocycles. The minimum atomic E-state index is -0.692. The molecule has 1 N–H and O–H groups in total. The molecular formula is C22H28O2. The van der Waals surface area contributed by atoms with Gasteiger partial charge in [0.05, 0.1) is 5.92 Å². The SMILES string of the molecule is CC(C)C(C)(CCc1ccccc1)C(Cc1ccccc1)C(=O)O. The molecule has 2 rings (SSSR count). The Kier molecular flexibility index (Phi) is 6.19. The van der Waals surface area contributed by atoms with E-state index in [1.54, 1.807) is 0 Å². The van der Waals surface area contributed by atoms with E-state index < -0.39 is 5.97 Å². The molecule has 2 aromatic rings. The maximum absolute atomic E-state index is 12.1. The minimum absolute atomic E-state index is 0.252. The predicted octanol–water partition coefficient (Wildman–Crippen LogP) is 5.23. The molecule has 0 aliphatic heterocycles. The highest BCUT2D eigenvalue weighted by molar-refractivity contribution is 5.71. The fraction of sp³-hybridized carbons (Fsp3) is 0.409. The first kappa shape index (κ1) is 18.3. The molecule has 24 heavy (non-hydrogen) atoms. The Bertz CT molecular complexity index is 634. The highest BCUT2D eigenvalue weighted by Gasteiger charge is 2.41. The van der Waals surface area contributed by atoms with E-state index in [9.17, 15) is 9.90 Å². The van der Waals surface area contributed by atoms with Crippen LogP contribution in [0.5, 0.6) is 0 Å². The van der Waals surface area contributed by atoms with Gasteiger partial charge in [0.15, 0.2) is 0 Å². The molecule has 0 saturated heterocycles. The first-order valence-electron chi connectivity index (χ1n) is 8.74. The molecule has 2 atom stereocenters. The monoisotopic (exact) mass is 324 g/mol. The molecule has 0 radical (unpaired) electrons. The Morgan fingerprint density at radius 1 is 0.958 bits per heavy atom. The van der Waals surface area contributed by atoms with Crippen LogP contribution in [0.25, 0.3) is 0 Å². The van der Waals surface area contributed by atoms with Gasteiger partial charge in [-0.25, -0.2) is 0 Å². The van der Waals surface area contributed by atoms with Crippen LogP contribution in [-0.4, -0.2) is 11.1 Å². The number of carboxylic acids is 1. The first-order valence-corrected chi connectivity index (χ1v) is 8.74. The fourth-order valence-electron chi connectivity index (χ4n) is 3.38. The minimum Gasteiger partial charge on any atom is -0.481 e. The van der Waals surface area contributed by atoms with Gasteiger partial charge in [-0.3, -0.25) is 4.79 Å². The number of benzene rings is 2. The Morgan fingerprint density at radius 3 is 1.92 bits per heavy atom. The maximum atomic E-state index is 12.1. The van der Waals surface area contributed by atoms with Crippen LogP contribution < -0.4 is 0 Å². The van der Waals surface area contributed by atoms with E-state index in [2.05, 4.69) is 32.9 Å². The fourth-order valence-corrected chi connectivity index (χ4v) is 3.38. The standard InChI is InChI=1S/C22H28O2/c1-17(2)22(3,15-14-18-10-6-4-7-11-18)20(21(23)24)16-19-12-8-5-9-13-19/h4-13,17,20H,14-16H2,1-3H3,(H,23,24). The summed E-state index contributed by atoms with van der Waals surface area (Å²) in [7, 11) is 0. The maximum Gasteiger partial charge on any atom is 0.307 e. The van der Waals surface area contributed by atoms with Gasteiger partial charge in [0.2, 0.25) is 0 Å². The van der Waals surface area contributed by atoms with E-state index >= 15 is 0 Å². The van der Waals surface area contributed by atoms with Gasteiger partial charge in [-0.05, 0) is 41.7 Å². The average Bonchev–Trinajstić information content (AvgIpc) is 2.59. The van der Waals surface area contributed by atoms with E-state index in [-0.39, 0.29) is 11.3 Å². The van der Waals surface area contributed by atoms with E-state index in [0.29, 0.717) is 12.3 Å². The summed E-state index contributed by atoms with van der Waals surface area (Å²) in [5.74, 6) is -0.780. The van der Waals surface area contributed by atoms with Crippen molar-refractivity contribution in [2.24, 2.45) is 17.3 Å². The zero-order valence-electron chi connectivity index (χ0n) is 14.9. The number of hydrogen-bond donors (Lipinski definition) is 1. The number of aryl methyl sites for hydroxylation is 1. The third kappa shape index (κ3) is 4.47. The van der Waals surface area contributed by atoms with Gasteiger partial charge in [0, 0.05) is 0 Å². The molecule has 2 aromatic carbocycles. The molecule has 128 valence electrons. The third-order valence-electron chi connectivity index (χ3n) is 5.49. The first-order chi connectivity index (χ1) is 11.4. The molecule has 0 spiro atoms. The predicted molar refractivity (Wildman–Crippen MR) is 99.0 cm³/mol. The van der Waals surface area contributed by atoms with Crippen molar-refractivity contribution < 1.29 is 9.90 Å². The topological polar surface area (TPSA) is 37.3 Å². The van der Waals surface area contributed by atoms with Crippen LogP contribution in [0.1, 0.15) is 38.3 Å². The average molecular weight is 324 g/mol. The summed E-state index contributed by atoms with van der Waals surface area (Å²) in [6, 6.07) is 20.3. The smallest absolute Gasteiger partial charge is 0.307 e. The lowest BCUT2D eigenvalue weighted by Gasteiger charge is -2.39. The van der Waals surface area contributed by atoms with E-state index in [4.69, 9.17) is 0 Å². The van der Waals surface area contributed by atoms with Crippen LogP contribution in [0.2, 0.25) is 0 Å². The van der Waals surface area contributed by atoms with E-state index in [1.165, 1.54) is 5.56 Å². The van der Waals surface area contributed by atoms with Crippen LogP contribution in [-0.2, 0) is 17.6 Å². The lowest BCUT2D eigenvalue weighted by molar-refractivity contribution is -0.148. The third-order valence-corrected chi connectivity index (χ3v) is 5.49. The summed E-state index contributed by atoms with van der Waals surface area (Å²) in [4.78, 5) is 12.1. The van der Waals surface area contributed by atoms with Crippen molar-refractivity contribution in [3.05, 3.63) is 71.8 Å². The summed E-state index contributed by atoms with van der Waals surface area (Å²) in [5, 5.41) is 9.92. The van der Waals surface area contributed by atoms with Gasteiger partial charge >= 0.3 is 5.97 Å². The molecule has 0 aliphatic carbocycles. The van der Waals surface area contributed by atoms with Crippen LogP contribution in [0.4, 0.5) is 0 Å². The zero-order valence-corrected chi connectivity index (χ0v) is 14.9. The van der Waals surface area contributed by atoms with Gasteiger partial charge in [0.25, 0.3) is 0 Å². The molecule has 0 bridgehead atoms. The number of carboxylic acid groups (broad SMARTS) is 1. The van der Waals surface area contributed by atoms with Crippen molar-refractivity contribution in [1.29, 1.82) is 0 Å². The summed E-state index contributed by atoms with van der Waals surface area (Å²) < 4.78 is 0. The Balaban J connectivity index is 2.21. The van der Waals surface area contributed by atoms with Crippen molar-refractivity contribution in [2.45, 2.75) is 40.0 Å². The number of carbonyl (C=O) groups is 1.